The number of hydrogen-bond donors (Lipinski definition) is 0. The van der Waals surface area contributed by atoms with E-state index in [0.29, 0.717) is 18.8 Å². The van der Waals surface area contributed by atoms with Crippen LogP contribution in [-0.4, -0.2) is 84.2 Å². The molecule has 0 saturated carbocycles. The van der Waals surface area contributed by atoms with Gasteiger partial charge in [0, 0.05) is 46.0 Å². The molecule has 0 N–H and O–H groups in total. The van der Waals surface area contributed by atoms with Crippen molar-refractivity contribution in [3.63, 3.8) is 0 Å². The van der Waals surface area contributed by atoms with Crippen molar-refractivity contribution >= 4 is 27.3 Å². The van der Waals surface area contributed by atoms with Crippen molar-refractivity contribution in [2.24, 2.45) is 0 Å². The van der Waals surface area contributed by atoms with Gasteiger partial charge in [-0.2, -0.15) is 0 Å². The van der Waals surface area contributed by atoms with Gasteiger partial charge < -0.3 is 14.7 Å². The van der Waals surface area contributed by atoms with E-state index in [1.165, 1.54) is 4.31 Å². The SMILES string of the molecule is CN1CCN(C(=O)CN(c2ccc(N(C)C)cc2)S(C)(=O)=O)CC1. The summed E-state index contributed by atoms with van der Waals surface area (Å²) < 4.78 is 25.5. The van der Waals surface area contributed by atoms with E-state index in [-0.39, 0.29) is 12.5 Å². The highest BCUT2D eigenvalue weighted by Gasteiger charge is 2.25. The lowest BCUT2D eigenvalue weighted by molar-refractivity contribution is -0.131. The van der Waals surface area contributed by atoms with Crippen LogP contribution in [-0.2, 0) is 14.8 Å². The van der Waals surface area contributed by atoms with E-state index >= 15 is 0 Å². The maximum absolute atomic E-state index is 12.5. The molecule has 0 radical (unpaired) electrons. The lowest BCUT2D eigenvalue weighted by Crippen LogP contribution is -2.50. The van der Waals surface area contributed by atoms with Crippen LogP contribution >= 0.6 is 0 Å². The standard InChI is InChI=1S/C16H26N4O3S/c1-17(2)14-5-7-15(8-6-14)20(24(4,22)23)13-16(21)19-11-9-18(3)10-12-19/h5-8H,9-13H2,1-4H3. The number of hydrogen-bond acceptors (Lipinski definition) is 5. The van der Waals surface area contributed by atoms with Crippen LogP contribution in [0.1, 0.15) is 0 Å². The van der Waals surface area contributed by atoms with Crippen molar-refractivity contribution in [2.45, 2.75) is 0 Å². The van der Waals surface area contributed by atoms with Gasteiger partial charge in [-0.05, 0) is 31.3 Å². The number of likely N-dealkylation sites (N-methyl/N-ethyl adjacent to an activating group) is 1. The maximum Gasteiger partial charge on any atom is 0.243 e. The van der Waals surface area contributed by atoms with Crippen LogP contribution in [0.25, 0.3) is 0 Å². The summed E-state index contributed by atoms with van der Waals surface area (Å²) in [5.74, 6) is -0.162. The zero-order valence-corrected chi connectivity index (χ0v) is 15.6. The zero-order valence-electron chi connectivity index (χ0n) is 14.8. The Morgan fingerprint density at radius 3 is 2.00 bits per heavy atom. The highest BCUT2D eigenvalue weighted by molar-refractivity contribution is 7.92. The highest BCUT2D eigenvalue weighted by Crippen LogP contribution is 2.21. The fourth-order valence-corrected chi connectivity index (χ4v) is 3.45. The molecule has 1 aromatic rings. The molecule has 24 heavy (non-hydrogen) atoms. The third-order valence-electron chi connectivity index (χ3n) is 4.19. The van der Waals surface area contributed by atoms with E-state index in [9.17, 15) is 13.2 Å². The molecule has 1 amide bonds. The Hall–Kier alpha value is -1.80. The normalized spacial score (nSPS) is 16.1. The Labute approximate surface area is 144 Å². The van der Waals surface area contributed by atoms with Gasteiger partial charge in [-0.1, -0.05) is 0 Å². The number of nitrogens with zero attached hydrogens (tertiary/aromatic N) is 4. The van der Waals surface area contributed by atoms with E-state index in [0.717, 1.165) is 25.0 Å². The predicted octanol–water partition coefficient (Wildman–Crippen LogP) is 0.293. The van der Waals surface area contributed by atoms with Gasteiger partial charge in [-0.15, -0.1) is 0 Å². The molecular weight excluding hydrogens is 328 g/mol. The fraction of sp³-hybridized carbons (Fsp3) is 0.562. The molecule has 2 rings (SSSR count). The number of sulfonamides is 1. The van der Waals surface area contributed by atoms with Crippen LogP contribution in [0.3, 0.4) is 0 Å². The fourth-order valence-electron chi connectivity index (χ4n) is 2.60. The van der Waals surface area contributed by atoms with E-state index in [1.807, 2.05) is 38.2 Å². The van der Waals surface area contributed by atoms with Crippen LogP contribution in [0.2, 0.25) is 0 Å². The number of carbonyl (C=O) groups excluding carboxylic acids is 1. The molecule has 1 heterocycles. The quantitative estimate of drug-likeness (QED) is 0.761. The average molecular weight is 354 g/mol. The van der Waals surface area contributed by atoms with Crippen LogP contribution in [0.4, 0.5) is 11.4 Å². The summed E-state index contributed by atoms with van der Waals surface area (Å²) in [5, 5.41) is 0. The van der Waals surface area contributed by atoms with Crippen LogP contribution in [0, 0.1) is 0 Å². The van der Waals surface area contributed by atoms with Crippen molar-refractivity contribution in [1.82, 2.24) is 9.80 Å². The number of rotatable bonds is 5. The van der Waals surface area contributed by atoms with E-state index < -0.39 is 10.0 Å². The Morgan fingerprint density at radius 1 is 1.04 bits per heavy atom. The first-order chi connectivity index (χ1) is 11.2. The predicted molar refractivity (Wildman–Crippen MR) is 97.0 cm³/mol. The van der Waals surface area contributed by atoms with Gasteiger partial charge in [0.2, 0.25) is 15.9 Å². The first-order valence-corrected chi connectivity index (χ1v) is 9.75. The minimum absolute atomic E-state index is 0.162. The van der Waals surface area contributed by atoms with Gasteiger partial charge in [0.1, 0.15) is 6.54 Å². The summed E-state index contributed by atoms with van der Waals surface area (Å²) in [5.41, 5.74) is 1.48. The van der Waals surface area contributed by atoms with Gasteiger partial charge in [-0.25, -0.2) is 8.42 Å². The van der Waals surface area contributed by atoms with Crippen molar-refractivity contribution in [3.05, 3.63) is 24.3 Å². The first-order valence-electron chi connectivity index (χ1n) is 7.90. The second kappa shape index (κ2) is 7.40. The molecule has 0 aromatic heterocycles. The molecule has 0 aliphatic carbocycles. The lowest BCUT2D eigenvalue weighted by Gasteiger charge is -2.34. The monoisotopic (exact) mass is 354 g/mol. The highest BCUT2D eigenvalue weighted by atomic mass is 32.2. The van der Waals surface area contributed by atoms with Gasteiger partial charge in [0.15, 0.2) is 0 Å². The molecule has 0 bridgehead atoms. The molecule has 1 fully saturated rings. The minimum Gasteiger partial charge on any atom is -0.378 e. The lowest BCUT2D eigenvalue weighted by atomic mass is 10.2. The Morgan fingerprint density at radius 2 is 1.54 bits per heavy atom. The third-order valence-corrected chi connectivity index (χ3v) is 5.33. The summed E-state index contributed by atoms with van der Waals surface area (Å²) in [7, 11) is 2.31. The summed E-state index contributed by atoms with van der Waals surface area (Å²) in [6, 6.07) is 7.14. The number of piperazine rings is 1. The van der Waals surface area contributed by atoms with E-state index in [1.54, 1.807) is 17.0 Å². The molecule has 0 spiro atoms. The van der Waals surface area contributed by atoms with E-state index in [2.05, 4.69) is 4.90 Å². The van der Waals surface area contributed by atoms with Crippen LogP contribution in [0.15, 0.2) is 24.3 Å². The van der Waals surface area contributed by atoms with Crippen molar-refractivity contribution in [1.29, 1.82) is 0 Å². The largest absolute Gasteiger partial charge is 0.378 e. The van der Waals surface area contributed by atoms with Gasteiger partial charge in [0.05, 0.1) is 11.9 Å². The molecule has 7 nitrogen and oxygen atoms in total. The molecular formula is C16H26N4O3S. The van der Waals surface area contributed by atoms with Crippen molar-refractivity contribution in [3.8, 4) is 0 Å². The van der Waals surface area contributed by atoms with E-state index in [4.69, 9.17) is 0 Å². The molecule has 0 unspecified atom stereocenters. The zero-order chi connectivity index (χ0) is 17.9. The molecule has 1 saturated heterocycles. The molecule has 1 aliphatic rings. The Bertz CT molecular complexity index is 665. The average Bonchev–Trinajstić information content (AvgIpc) is 2.52. The number of amides is 1. The Kier molecular flexibility index (Phi) is 5.71. The molecule has 8 heteroatoms. The van der Waals surface area contributed by atoms with Crippen molar-refractivity contribution < 1.29 is 13.2 Å². The van der Waals surface area contributed by atoms with Crippen LogP contribution in [0.5, 0.6) is 0 Å². The molecule has 1 aromatic carbocycles. The molecule has 0 atom stereocenters. The maximum atomic E-state index is 12.5. The van der Waals surface area contributed by atoms with Crippen molar-refractivity contribution in [2.75, 3.05) is 69.3 Å². The molecule has 1 aliphatic heterocycles. The molecule has 134 valence electrons. The summed E-state index contributed by atoms with van der Waals surface area (Å²) >= 11 is 0. The topological polar surface area (TPSA) is 64.2 Å². The third kappa shape index (κ3) is 4.61. The van der Waals surface area contributed by atoms with Crippen LogP contribution < -0.4 is 9.21 Å². The minimum atomic E-state index is -3.53. The van der Waals surface area contributed by atoms with Gasteiger partial charge in [-0.3, -0.25) is 9.10 Å². The smallest absolute Gasteiger partial charge is 0.243 e. The van der Waals surface area contributed by atoms with Gasteiger partial charge >= 0.3 is 0 Å². The summed E-state index contributed by atoms with van der Waals surface area (Å²) in [4.78, 5) is 18.3. The number of benzene rings is 1. The number of carbonyl (C=O) groups is 1. The summed E-state index contributed by atoms with van der Waals surface area (Å²) in [6.45, 7) is 2.72. The van der Waals surface area contributed by atoms with Gasteiger partial charge in [0.25, 0.3) is 0 Å². The first kappa shape index (κ1) is 18.5. The summed E-state index contributed by atoms with van der Waals surface area (Å²) in [6.07, 6.45) is 1.13. The number of anilines is 2. The Balaban J connectivity index is 2.16. The second-order valence-electron chi connectivity index (χ2n) is 6.36. The second-order valence-corrected chi connectivity index (χ2v) is 8.27.